The molecule has 1 heterocycles. The van der Waals surface area contributed by atoms with Crippen molar-refractivity contribution in [1.29, 1.82) is 0 Å². The second-order valence-corrected chi connectivity index (χ2v) is 6.19. The van der Waals surface area contributed by atoms with Gasteiger partial charge >= 0.3 is 0 Å². The Morgan fingerprint density at radius 3 is 2.58 bits per heavy atom. The van der Waals surface area contributed by atoms with Gasteiger partial charge in [0.15, 0.2) is 0 Å². The molecule has 26 heavy (non-hydrogen) atoms. The van der Waals surface area contributed by atoms with E-state index in [4.69, 9.17) is 11.6 Å². The highest BCUT2D eigenvalue weighted by atomic mass is 35.5. The molecule has 0 aliphatic heterocycles. The van der Waals surface area contributed by atoms with E-state index in [0.717, 1.165) is 16.9 Å². The number of nitrogens with one attached hydrogen (secondary N) is 1. The molecule has 0 saturated heterocycles. The Hall–Kier alpha value is -2.92. The monoisotopic (exact) mass is 366 g/mol. The van der Waals surface area contributed by atoms with Crippen LogP contribution in [0.1, 0.15) is 23.0 Å². The second kappa shape index (κ2) is 7.97. The number of carbonyl (C=O) groups is 1. The van der Waals surface area contributed by atoms with Crippen LogP contribution < -0.4 is 10.2 Å². The third kappa shape index (κ3) is 4.00. The topological polar surface area (TPSA) is 58.1 Å². The number of aryl methyl sites for hydroxylation is 1. The molecule has 0 bridgehead atoms. The molecule has 0 spiro atoms. The molecule has 1 amide bonds. The van der Waals surface area contributed by atoms with Crippen molar-refractivity contribution in [3.8, 4) is 0 Å². The van der Waals surface area contributed by atoms with Gasteiger partial charge < -0.3 is 10.2 Å². The predicted molar refractivity (Wildman–Crippen MR) is 105 cm³/mol. The van der Waals surface area contributed by atoms with Crippen LogP contribution in [0.15, 0.2) is 60.9 Å². The Kier molecular flexibility index (Phi) is 5.49. The van der Waals surface area contributed by atoms with Crippen LogP contribution in [-0.2, 0) is 0 Å². The molecule has 2 aromatic carbocycles. The van der Waals surface area contributed by atoms with Crippen molar-refractivity contribution >= 4 is 34.7 Å². The number of anilines is 3. The number of rotatable bonds is 5. The third-order valence-corrected chi connectivity index (χ3v) is 4.21. The van der Waals surface area contributed by atoms with Gasteiger partial charge in [-0.3, -0.25) is 4.79 Å². The van der Waals surface area contributed by atoms with Crippen molar-refractivity contribution in [2.75, 3.05) is 16.8 Å². The molecule has 0 radical (unpaired) electrons. The van der Waals surface area contributed by atoms with Crippen LogP contribution in [0.4, 0.5) is 17.2 Å². The lowest BCUT2D eigenvalue weighted by atomic mass is 10.2. The molecule has 3 rings (SSSR count). The Morgan fingerprint density at radius 1 is 1.12 bits per heavy atom. The SMILES string of the molecule is CCN(C(=O)c1cnc(Nc2ccccc2Cl)cn1)c1cccc(C)c1. The highest BCUT2D eigenvalue weighted by molar-refractivity contribution is 6.33. The molecular formula is C20H19ClN4O. The van der Waals surface area contributed by atoms with Gasteiger partial charge in [-0.2, -0.15) is 0 Å². The molecule has 0 saturated carbocycles. The molecule has 1 aromatic heterocycles. The average Bonchev–Trinajstić information content (AvgIpc) is 2.65. The van der Waals surface area contributed by atoms with Crippen molar-refractivity contribution in [3.05, 3.63) is 77.2 Å². The summed E-state index contributed by atoms with van der Waals surface area (Å²) in [5.74, 6) is 0.336. The average molecular weight is 367 g/mol. The first-order valence-corrected chi connectivity index (χ1v) is 8.68. The number of hydrogen-bond donors (Lipinski definition) is 1. The van der Waals surface area contributed by atoms with Crippen molar-refractivity contribution in [2.45, 2.75) is 13.8 Å². The first-order chi connectivity index (χ1) is 12.6. The molecule has 3 aromatic rings. The van der Waals surface area contributed by atoms with E-state index in [0.29, 0.717) is 17.4 Å². The number of aromatic nitrogens is 2. The Labute approximate surface area is 157 Å². The number of hydrogen-bond acceptors (Lipinski definition) is 4. The van der Waals surface area contributed by atoms with Crippen LogP contribution in [-0.4, -0.2) is 22.4 Å². The maximum atomic E-state index is 12.8. The zero-order chi connectivity index (χ0) is 18.5. The van der Waals surface area contributed by atoms with E-state index in [-0.39, 0.29) is 11.6 Å². The maximum absolute atomic E-state index is 12.8. The van der Waals surface area contributed by atoms with Gasteiger partial charge in [-0.25, -0.2) is 9.97 Å². The number of halogens is 1. The van der Waals surface area contributed by atoms with Gasteiger partial charge in [0.25, 0.3) is 5.91 Å². The van der Waals surface area contributed by atoms with Crippen LogP contribution in [0.3, 0.4) is 0 Å². The van der Waals surface area contributed by atoms with Crippen molar-refractivity contribution in [3.63, 3.8) is 0 Å². The van der Waals surface area contributed by atoms with Crippen LogP contribution in [0.2, 0.25) is 5.02 Å². The summed E-state index contributed by atoms with van der Waals surface area (Å²) in [5, 5.41) is 3.68. The van der Waals surface area contributed by atoms with Gasteiger partial charge in [0.2, 0.25) is 0 Å². The standard InChI is InChI=1S/C20H19ClN4O/c1-3-25(15-8-6-7-14(2)11-15)20(26)18-12-23-19(13-22-18)24-17-10-5-4-9-16(17)21/h4-13H,3H2,1-2H3,(H,23,24). The molecule has 132 valence electrons. The summed E-state index contributed by atoms with van der Waals surface area (Å²) >= 11 is 6.13. The zero-order valence-corrected chi connectivity index (χ0v) is 15.4. The van der Waals surface area contributed by atoms with E-state index >= 15 is 0 Å². The van der Waals surface area contributed by atoms with E-state index in [2.05, 4.69) is 15.3 Å². The lowest BCUT2D eigenvalue weighted by Crippen LogP contribution is -2.31. The number of carbonyl (C=O) groups excluding carboxylic acids is 1. The quantitative estimate of drug-likeness (QED) is 0.701. The molecule has 0 unspecified atom stereocenters. The molecule has 5 nitrogen and oxygen atoms in total. The summed E-state index contributed by atoms with van der Waals surface area (Å²) in [6, 6.07) is 15.2. The first-order valence-electron chi connectivity index (χ1n) is 8.30. The Bertz CT molecular complexity index is 912. The zero-order valence-electron chi connectivity index (χ0n) is 14.6. The van der Waals surface area contributed by atoms with Crippen LogP contribution in [0.25, 0.3) is 0 Å². The Balaban J connectivity index is 1.79. The summed E-state index contributed by atoms with van der Waals surface area (Å²) in [4.78, 5) is 23.0. The van der Waals surface area contributed by atoms with Gasteiger partial charge in [-0.1, -0.05) is 35.9 Å². The van der Waals surface area contributed by atoms with Crippen LogP contribution in [0, 0.1) is 6.92 Å². The van der Waals surface area contributed by atoms with E-state index < -0.39 is 0 Å². The van der Waals surface area contributed by atoms with Gasteiger partial charge in [0.05, 0.1) is 23.1 Å². The fourth-order valence-electron chi connectivity index (χ4n) is 2.58. The summed E-state index contributed by atoms with van der Waals surface area (Å²) < 4.78 is 0. The van der Waals surface area contributed by atoms with Crippen LogP contribution in [0.5, 0.6) is 0 Å². The van der Waals surface area contributed by atoms with Crippen molar-refractivity contribution in [1.82, 2.24) is 9.97 Å². The predicted octanol–water partition coefficient (Wildman–Crippen LogP) is 4.85. The highest BCUT2D eigenvalue weighted by Gasteiger charge is 2.18. The third-order valence-electron chi connectivity index (χ3n) is 3.88. The van der Waals surface area contributed by atoms with E-state index in [1.165, 1.54) is 12.4 Å². The fourth-order valence-corrected chi connectivity index (χ4v) is 2.76. The molecule has 1 N–H and O–H groups in total. The largest absolute Gasteiger partial charge is 0.338 e. The minimum Gasteiger partial charge on any atom is -0.338 e. The van der Waals surface area contributed by atoms with Gasteiger partial charge in [0, 0.05) is 12.2 Å². The fraction of sp³-hybridized carbons (Fsp3) is 0.150. The molecular weight excluding hydrogens is 348 g/mol. The van der Waals surface area contributed by atoms with Crippen molar-refractivity contribution in [2.24, 2.45) is 0 Å². The summed E-state index contributed by atoms with van der Waals surface area (Å²) in [7, 11) is 0. The summed E-state index contributed by atoms with van der Waals surface area (Å²) in [5.41, 5.74) is 2.97. The Morgan fingerprint density at radius 2 is 1.92 bits per heavy atom. The second-order valence-electron chi connectivity index (χ2n) is 5.78. The number of amides is 1. The minimum absolute atomic E-state index is 0.185. The summed E-state index contributed by atoms with van der Waals surface area (Å²) in [6.45, 7) is 4.47. The van der Waals surface area contributed by atoms with E-state index in [1.807, 2.05) is 56.3 Å². The molecule has 0 aliphatic carbocycles. The first kappa shape index (κ1) is 17.9. The lowest BCUT2D eigenvalue weighted by Gasteiger charge is -2.21. The van der Waals surface area contributed by atoms with Gasteiger partial charge in [-0.15, -0.1) is 0 Å². The normalized spacial score (nSPS) is 10.4. The molecule has 0 fully saturated rings. The molecule has 0 atom stereocenters. The lowest BCUT2D eigenvalue weighted by molar-refractivity contribution is 0.0983. The highest BCUT2D eigenvalue weighted by Crippen LogP contribution is 2.24. The maximum Gasteiger partial charge on any atom is 0.278 e. The number of nitrogens with zero attached hydrogens (tertiary/aromatic N) is 3. The van der Waals surface area contributed by atoms with Gasteiger partial charge in [-0.05, 0) is 43.7 Å². The number of benzene rings is 2. The van der Waals surface area contributed by atoms with Crippen LogP contribution >= 0.6 is 11.6 Å². The van der Waals surface area contributed by atoms with Gasteiger partial charge in [0.1, 0.15) is 11.5 Å². The van der Waals surface area contributed by atoms with E-state index in [1.54, 1.807) is 11.0 Å². The van der Waals surface area contributed by atoms with Crippen molar-refractivity contribution < 1.29 is 4.79 Å². The smallest absolute Gasteiger partial charge is 0.278 e. The minimum atomic E-state index is -0.185. The summed E-state index contributed by atoms with van der Waals surface area (Å²) in [6.07, 6.45) is 3.00. The molecule has 6 heteroatoms. The molecule has 0 aliphatic rings. The van der Waals surface area contributed by atoms with E-state index in [9.17, 15) is 4.79 Å². The number of para-hydroxylation sites is 1.